The highest BCUT2D eigenvalue weighted by atomic mass is 35.5. The normalized spacial score (nSPS) is 10.9. The largest absolute Gasteiger partial charge is 0.404 e. The van der Waals surface area contributed by atoms with Gasteiger partial charge < -0.3 is 11.1 Å². The zero-order valence-electron chi connectivity index (χ0n) is 10.3. The maximum atomic E-state index is 6.11. The molecule has 0 unspecified atom stereocenters. The fraction of sp³-hybridized carbons (Fsp3) is 0.0769. The van der Waals surface area contributed by atoms with Crippen molar-refractivity contribution in [2.24, 2.45) is 5.73 Å². The molecular formula is C13H12Cl3N4+. The molecule has 0 spiro atoms. The molecule has 7 heteroatoms. The van der Waals surface area contributed by atoms with Crippen LogP contribution in [0.3, 0.4) is 0 Å². The molecule has 0 aliphatic rings. The van der Waals surface area contributed by atoms with Crippen molar-refractivity contribution < 1.29 is 4.98 Å². The summed E-state index contributed by atoms with van der Waals surface area (Å²) in [7, 11) is 0. The Labute approximate surface area is 131 Å². The molecule has 0 saturated heterocycles. The summed E-state index contributed by atoms with van der Waals surface area (Å²) in [5.74, 6) is 1.27. The van der Waals surface area contributed by atoms with Gasteiger partial charge in [-0.25, -0.2) is 4.98 Å². The Morgan fingerprint density at radius 3 is 2.75 bits per heavy atom. The molecule has 2 aromatic rings. The van der Waals surface area contributed by atoms with E-state index >= 15 is 0 Å². The minimum atomic E-state index is 0.363. The predicted molar refractivity (Wildman–Crippen MR) is 82.8 cm³/mol. The summed E-state index contributed by atoms with van der Waals surface area (Å²) >= 11 is 17.9. The van der Waals surface area contributed by atoms with Crippen LogP contribution in [0, 0.1) is 0 Å². The van der Waals surface area contributed by atoms with Gasteiger partial charge in [0.05, 0.1) is 12.6 Å². The van der Waals surface area contributed by atoms with Crippen molar-refractivity contribution in [1.29, 1.82) is 0 Å². The third-order valence-electron chi connectivity index (χ3n) is 2.49. The Hall–Kier alpha value is -1.49. The van der Waals surface area contributed by atoms with Crippen molar-refractivity contribution in [1.82, 2.24) is 4.98 Å². The molecule has 0 saturated carbocycles. The van der Waals surface area contributed by atoms with Gasteiger partial charge in [0.25, 0.3) is 5.82 Å². The van der Waals surface area contributed by atoms with E-state index in [2.05, 4.69) is 15.3 Å². The zero-order chi connectivity index (χ0) is 14.5. The maximum Gasteiger partial charge on any atom is 0.263 e. The first-order valence-corrected chi connectivity index (χ1v) is 6.88. The van der Waals surface area contributed by atoms with Gasteiger partial charge in [-0.05, 0) is 23.7 Å². The number of anilines is 1. The summed E-state index contributed by atoms with van der Waals surface area (Å²) in [4.78, 5) is 7.11. The second-order valence-corrected chi connectivity index (χ2v) is 5.18. The summed E-state index contributed by atoms with van der Waals surface area (Å²) in [6, 6.07) is 7.03. The standard InChI is InChI=1S/C13H11Cl3N4/c14-9-2-1-8(10(15)5-9)7-18-13-6-11(16)19-12(20-13)3-4-17/h1-6H,7,17H2,(H,18,19,20)/p+1. The number of H-pyrrole nitrogens is 1. The van der Waals surface area contributed by atoms with Crippen LogP contribution in [-0.2, 0) is 6.54 Å². The monoisotopic (exact) mass is 329 g/mol. The molecule has 104 valence electrons. The first-order chi connectivity index (χ1) is 9.58. The minimum absolute atomic E-state index is 0.363. The minimum Gasteiger partial charge on any atom is -0.404 e. The van der Waals surface area contributed by atoms with Crippen molar-refractivity contribution in [3.63, 3.8) is 0 Å². The van der Waals surface area contributed by atoms with E-state index in [1.165, 1.54) is 6.20 Å². The lowest BCUT2D eigenvalue weighted by Crippen LogP contribution is -2.18. The smallest absolute Gasteiger partial charge is 0.263 e. The molecule has 0 bridgehead atoms. The van der Waals surface area contributed by atoms with Gasteiger partial charge in [0.15, 0.2) is 0 Å². The lowest BCUT2D eigenvalue weighted by Gasteiger charge is -2.04. The highest BCUT2D eigenvalue weighted by Gasteiger charge is 2.09. The molecule has 0 radical (unpaired) electrons. The van der Waals surface area contributed by atoms with Crippen LogP contribution >= 0.6 is 34.8 Å². The number of hydrogen-bond donors (Lipinski definition) is 2. The van der Waals surface area contributed by atoms with Crippen LogP contribution in [0.2, 0.25) is 15.2 Å². The first-order valence-electron chi connectivity index (χ1n) is 5.74. The number of hydrogen-bond acceptors (Lipinski definition) is 3. The van der Waals surface area contributed by atoms with Gasteiger partial charge in [0.1, 0.15) is 0 Å². The molecule has 1 heterocycles. The van der Waals surface area contributed by atoms with E-state index in [1.54, 1.807) is 24.3 Å². The van der Waals surface area contributed by atoms with Crippen LogP contribution in [0.4, 0.5) is 5.82 Å². The predicted octanol–water partition coefficient (Wildman–Crippen LogP) is 3.40. The summed E-state index contributed by atoms with van der Waals surface area (Å²) in [6.07, 6.45) is 3.00. The van der Waals surface area contributed by atoms with Crippen LogP contribution in [0.15, 0.2) is 30.5 Å². The Morgan fingerprint density at radius 2 is 2.05 bits per heavy atom. The van der Waals surface area contributed by atoms with Crippen molar-refractivity contribution >= 4 is 46.7 Å². The molecule has 4 N–H and O–H groups in total. The van der Waals surface area contributed by atoms with Crippen LogP contribution in [-0.4, -0.2) is 4.98 Å². The lowest BCUT2D eigenvalue weighted by atomic mass is 10.2. The SMILES string of the molecule is NC=Cc1nc(Cl)cc(NCc2ccc(Cl)cc2Cl)[nH+]1. The number of aromatic amines is 1. The number of benzene rings is 1. The van der Waals surface area contributed by atoms with Gasteiger partial charge in [0, 0.05) is 27.9 Å². The Balaban J connectivity index is 2.14. The number of nitrogens with two attached hydrogens (primary N) is 1. The average Bonchev–Trinajstić information content (AvgIpc) is 2.37. The molecule has 0 fully saturated rings. The van der Waals surface area contributed by atoms with E-state index < -0.39 is 0 Å². The van der Waals surface area contributed by atoms with Gasteiger partial charge >= 0.3 is 0 Å². The molecule has 0 aliphatic heterocycles. The second kappa shape index (κ2) is 6.79. The van der Waals surface area contributed by atoms with Gasteiger partial charge in [-0.1, -0.05) is 34.3 Å². The van der Waals surface area contributed by atoms with Crippen LogP contribution in [0.25, 0.3) is 6.08 Å². The van der Waals surface area contributed by atoms with Crippen molar-refractivity contribution in [3.8, 4) is 0 Å². The van der Waals surface area contributed by atoms with E-state index in [0.29, 0.717) is 33.4 Å². The van der Waals surface area contributed by atoms with E-state index in [1.807, 2.05) is 6.07 Å². The molecule has 1 aromatic heterocycles. The van der Waals surface area contributed by atoms with E-state index in [0.717, 1.165) is 5.56 Å². The van der Waals surface area contributed by atoms with E-state index in [4.69, 9.17) is 40.5 Å². The second-order valence-electron chi connectivity index (χ2n) is 3.95. The third kappa shape index (κ3) is 4.00. The van der Waals surface area contributed by atoms with E-state index in [-0.39, 0.29) is 0 Å². The molecule has 2 rings (SSSR count). The number of halogens is 3. The number of rotatable bonds is 4. The van der Waals surface area contributed by atoms with Gasteiger partial charge in [-0.15, -0.1) is 0 Å². The third-order valence-corrected chi connectivity index (χ3v) is 3.27. The molecule has 4 nitrogen and oxygen atoms in total. The fourth-order valence-electron chi connectivity index (χ4n) is 1.59. The number of nitrogens with zero attached hydrogens (tertiary/aromatic N) is 1. The van der Waals surface area contributed by atoms with Gasteiger partial charge in [-0.2, -0.15) is 0 Å². The number of nitrogens with one attached hydrogen (secondary N) is 2. The molecule has 0 amide bonds. The molecule has 0 aliphatic carbocycles. The molecule has 1 aromatic carbocycles. The van der Waals surface area contributed by atoms with Gasteiger partial charge in [-0.3, -0.25) is 0 Å². The molecule has 20 heavy (non-hydrogen) atoms. The maximum absolute atomic E-state index is 6.11. The summed E-state index contributed by atoms with van der Waals surface area (Å²) < 4.78 is 0. The fourth-order valence-corrected chi connectivity index (χ4v) is 2.26. The zero-order valence-corrected chi connectivity index (χ0v) is 12.6. The highest BCUT2D eigenvalue weighted by molar-refractivity contribution is 6.35. The summed E-state index contributed by atoms with van der Waals surface area (Å²) in [5.41, 5.74) is 6.25. The van der Waals surface area contributed by atoms with Crippen LogP contribution < -0.4 is 16.0 Å². The van der Waals surface area contributed by atoms with Crippen molar-refractivity contribution in [2.75, 3.05) is 5.32 Å². The molecule has 0 atom stereocenters. The number of aromatic nitrogens is 2. The van der Waals surface area contributed by atoms with Gasteiger partial charge in [0.2, 0.25) is 11.0 Å². The Kier molecular flexibility index (Phi) is 5.06. The van der Waals surface area contributed by atoms with E-state index in [9.17, 15) is 0 Å². The average molecular weight is 331 g/mol. The summed E-state index contributed by atoms with van der Waals surface area (Å²) in [5, 5.41) is 4.75. The quantitative estimate of drug-likeness (QED) is 0.844. The van der Waals surface area contributed by atoms with Crippen molar-refractivity contribution in [2.45, 2.75) is 6.54 Å². The molecular weight excluding hydrogens is 319 g/mol. The summed E-state index contributed by atoms with van der Waals surface area (Å²) in [6.45, 7) is 0.526. The topological polar surface area (TPSA) is 65.1 Å². The van der Waals surface area contributed by atoms with Crippen LogP contribution in [0.5, 0.6) is 0 Å². The first kappa shape index (κ1) is 14.9. The Morgan fingerprint density at radius 1 is 1.25 bits per heavy atom. The lowest BCUT2D eigenvalue weighted by molar-refractivity contribution is -0.369. The highest BCUT2D eigenvalue weighted by Crippen LogP contribution is 2.21. The Bertz CT molecular complexity index is 644. The van der Waals surface area contributed by atoms with Crippen molar-refractivity contribution in [3.05, 3.63) is 57.1 Å². The van der Waals surface area contributed by atoms with Crippen LogP contribution in [0.1, 0.15) is 11.4 Å².